The maximum absolute atomic E-state index is 11.4. The molecule has 1 heterocycles. The number of hydrogen-bond donors (Lipinski definition) is 2. The maximum atomic E-state index is 11.4. The highest BCUT2D eigenvalue weighted by molar-refractivity contribution is 5.82. The minimum atomic E-state index is -0.946. The third-order valence-corrected chi connectivity index (χ3v) is 2.93. The van der Waals surface area contributed by atoms with Crippen molar-refractivity contribution in [2.45, 2.75) is 26.4 Å². The average Bonchev–Trinajstić information content (AvgIpc) is 2.55. The van der Waals surface area contributed by atoms with E-state index in [4.69, 9.17) is 19.3 Å². The molecule has 0 saturated carbocycles. The molecule has 140 valence electrons. The summed E-state index contributed by atoms with van der Waals surface area (Å²) in [4.78, 5) is 30.3. The molecule has 0 unspecified atom stereocenters. The Labute approximate surface area is 150 Å². The quantitative estimate of drug-likeness (QED) is 0.564. The number of carboxylic acids is 1. The molecule has 1 aromatic heterocycles. The lowest BCUT2D eigenvalue weighted by Crippen LogP contribution is -2.25. The van der Waals surface area contributed by atoms with E-state index < -0.39 is 17.7 Å². The summed E-state index contributed by atoms with van der Waals surface area (Å²) in [6.45, 7) is 5.16. The van der Waals surface area contributed by atoms with Gasteiger partial charge in [0.2, 0.25) is 0 Å². The molecule has 0 aliphatic heterocycles. The van der Waals surface area contributed by atoms with E-state index in [0.29, 0.717) is 11.2 Å². The van der Waals surface area contributed by atoms with Gasteiger partial charge in [-0.25, -0.2) is 9.78 Å². The fourth-order valence-corrected chi connectivity index (χ4v) is 1.91. The summed E-state index contributed by atoms with van der Waals surface area (Å²) in [7, 11) is 0. The third kappa shape index (κ3) is 6.42. The molecule has 0 fully saturated rings. The lowest BCUT2D eigenvalue weighted by atomic mass is 10.2. The third-order valence-electron chi connectivity index (χ3n) is 2.93. The van der Waals surface area contributed by atoms with Crippen molar-refractivity contribution in [1.29, 1.82) is 0 Å². The summed E-state index contributed by atoms with van der Waals surface area (Å²) in [5, 5.41) is 12.2. The molecule has 0 bridgehead atoms. The zero-order chi connectivity index (χ0) is 19.2. The Bertz CT molecular complexity index is 788. The summed E-state index contributed by atoms with van der Waals surface area (Å²) in [6, 6.07) is 5.34. The van der Waals surface area contributed by atoms with Gasteiger partial charge in [0.1, 0.15) is 25.4 Å². The highest BCUT2D eigenvalue weighted by Crippen LogP contribution is 2.18. The van der Waals surface area contributed by atoms with Gasteiger partial charge >= 0.3 is 18.1 Å². The topological polar surface area (TPSA) is 120 Å². The smallest absolute Gasteiger partial charge is 0.480 e. The molecule has 2 aromatic rings. The van der Waals surface area contributed by atoms with Crippen LogP contribution in [0.5, 0.6) is 6.01 Å². The van der Waals surface area contributed by atoms with Crippen molar-refractivity contribution in [3.05, 3.63) is 24.4 Å². The highest BCUT2D eigenvalue weighted by atomic mass is 16.7. The second-order valence-electron chi connectivity index (χ2n) is 6.33. The molecule has 26 heavy (non-hydrogen) atoms. The van der Waals surface area contributed by atoms with E-state index in [2.05, 4.69) is 15.3 Å². The number of fused-ring (bicyclic) bond motifs is 1. The van der Waals surface area contributed by atoms with Crippen molar-refractivity contribution >= 4 is 28.7 Å². The van der Waals surface area contributed by atoms with Gasteiger partial charge in [-0.15, -0.1) is 0 Å². The van der Waals surface area contributed by atoms with E-state index in [1.807, 2.05) is 0 Å². The largest absolute Gasteiger partial charge is 0.508 e. The van der Waals surface area contributed by atoms with Crippen LogP contribution in [-0.2, 0) is 14.3 Å². The lowest BCUT2D eigenvalue weighted by Gasteiger charge is -2.18. The number of aromatic nitrogens is 2. The van der Waals surface area contributed by atoms with Gasteiger partial charge < -0.3 is 24.6 Å². The number of rotatable bonds is 7. The van der Waals surface area contributed by atoms with E-state index in [1.165, 1.54) is 0 Å². The summed E-state index contributed by atoms with van der Waals surface area (Å²) in [6.07, 6.45) is 0.806. The first-order valence-electron chi connectivity index (χ1n) is 7.94. The predicted octanol–water partition coefficient (Wildman–Crippen LogP) is 2.46. The Balaban J connectivity index is 1.86. The Morgan fingerprint density at radius 2 is 2.00 bits per heavy atom. The first-order chi connectivity index (χ1) is 12.2. The molecule has 2 N–H and O–H groups in total. The van der Waals surface area contributed by atoms with Crippen molar-refractivity contribution in [3.63, 3.8) is 0 Å². The molecular formula is C17H21N3O6. The second-order valence-corrected chi connectivity index (χ2v) is 6.33. The number of carboxylic acid groups (broad SMARTS) is 1. The molecule has 2 rings (SSSR count). The van der Waals surface area contributed by atoms with Crippen LogP contribution >= 0.6 is 0 Å². The molecule has 0 saturated heterocycles. The standard InChI is InChI=1S/C17H21N3O6/c1-17(2,3)26-16(23)25-7-6-24-15-19-9-11-8-12(18-10-14(21)22)4-5-13(11)20-15/h4-5,8-9,18H,6-7,10H2,1-3H3,(H,21,22). The number of anilines is 1. The van der Waals surface area contributed by atoms with E-state index >= 15 is 0 Å². The van der Waals surface area contributed by atoms with Crippen LogP contribution in [0.3, 0.4) is 0 Å². The first kappa shape index (κ1) is 19.2. The number of nitrogens with zero attached hydrogens (tertiary/aromatic N) is 2. The molecule has 9 heteroatoms. The van der Waals surface area contributed by atoms with Crippen LogP contribution in [0.2, 0.25) is 0 Å². The minimum absolute atomic E-state index is 0.00829. The monoisotopic (exact) mass is 363 g/mol. The Morgan fingerprint density at radius 1 is 1.23 bits per heavy atom. The van der Waals surface area contributed by atoms with Crippen LogP contribution in [0.25, 0.3) is 10.9 Å². The van der Waals surface area contributed by atoms with Gasteiger partial charge in [0, 0.05) is 17.3 Å². The highest BCUT2D eigenvalue weighted by Gasteiger charge is 2.17. The number of carbonyl (C=O) groups excluding carboxylic acids is 1. The molecule has 0 spiro atoms. The van der Waals surface area contributed by atoms with Gasteiger partial charge in [-0.1, -0.05) is 0 Å². The summed E-state index contributed by atoms with van der Waals surface area (Å²) in [5.41, 5.74) is 0.685. The molecular weight excluding hydrogens is 342 g/mol. The molecule has 0 aliphatic carbocycles. The van der Waals surface area contributed by atoms with E-state index in [9.17, 15) is 9.59 Å². The Hall–Kier alpha value is -3.10. The van der Waals surface area contributed by atoms with Crippen LogP contribution in [0.4, 0.5) is 10.5 Å². The van der Waals surface area contributed by atoms with E-state index in [1.54, 1.807) is 45.2 Å². The van der Waals surface area contributed by atoms with Crippen molar-refractivity contribution in [2.24, 2.45) is 0 Å². The van der Waals surface area contributed by atoms with Crippen molar-refractivity contribution in [1.82, 2.24) is 9.97 Å². The van der Waals surface area contributed by atoms with Crippen LogP contribution < -0.4 is 10.1 Å². The second kappa shape index (κ2) is 8.32. The van der Waals surface area contributed by atoms with Gasteiger partial charge in [0.15, 0.2) is 0 Å². The minimum Gasteiger partial charge on any atom is -0.480 e. The van der Waals surface area contributed by atoms with Crippen LogP contribution in [0.15, 0.2) is 24.4 Å². The number of nitrogens with one attached hydrogen (secondary N) is 1. The van der Waals surface area contributed by atoms with Crippen molar-refractivity contribution < 1.29 is 28.9 Å². The fourth-order valence-electron chi connectivity index (χ4n) is 1.91. The molecule has 1 aromatic carbocycles. The molecule has 0 aliphatic rings. The summed E-state index contributed by atoms with van der Waals surface area (Å²) < 4.78 is 15.2. The van der Waals surface area contributed by atoms with E-state index in [-0.39, 0.29) is 25.8 Å². The predicted molar refractivity (Wildman–Crippen MR) is 93.3 cm³/mol. The maximum Gasteiger partial charge on any atom is 0.508 e. The van der Waals surface area contributed by atoms with Gasteiger partial charge in [-0.2, -0.15) is 4.98 Å². The molecule has 0 radical (unpaired) electrons. The molecule has 9 nitrogen and oxygen atoms in total. The fraction of sp³-hybridized carbons (Fsp3) is 0.412. The summed E-state index contributed by atoms with van der Waals surface area (Å²) >= 11 is 0. The number of hydrogen-bond acceptors (Lipinski definition) is 8. The van der Waals surface area contributed by atoms with Crippen molar-refractivity contribution in [2.75, 3.05) is 25.1 Å². The Morgan fingerprint density at radius 3 is 2.69 bits per heavy atom. The van der Waals surface area contributed by atoms with Crippen LogP contribution in [-0.4, -0.2) is 52.6 Å². The molecule has 0 amide bonds. The first-order valence-corrected chi connectivity index (χ1v) is 7.94. The van der Waals surface area contributed by atoms with E-state index in [0.717, 1.165) is 5.39 Å². The van der Waals surface area contributed by atoms with Crippen LogP contribution in [0.1, 0.15) is 20.8 Å². The zero-order valence-electron chi connectivity index (χ0n) is 14.8. The summed E-state index contributed by atoms with van der Waals surface area (Å²) in [5.74, 6) is -0.946. The van der Waals surface area contributed by atoms with Crippen LogP contribution in [0, 0.1) is 0 Å². The number of carbonyl (C=O) groups is 2. The van der Waals surface area contributed by atoms with Crippen molar-refractivity contribution in [3.8, 4) is 6.01 Å². The van der Waals surface area contributed by atoms with Gasteiger partial charge in [-0.05, 0) is 39.0 Å². The van der Waals surface area contributed by atoms with Gasteiger partial charge in [-0.3, -0.25) is 4.79 Å². The lowest BCUT2D eigenvalue weighted by molar-refractivity contribution is -0.134. The van der Waals surface area contributed by atoms with Gasteiger partial charge in [0.05, 0.1) is 5.52 Å². The SMILES string of the molecule is CC(C)(C)OC(=O)OCCOc1ncc2cc(NCC(=O)O)ccc2n1. The average molecular weight is 363 g/mol. The number of benzene rings is 1. The molecule has 0 atom stereocenters. The number of ether oxygens (including phenoxy) is 3. The zero-order valence-corrected chi connectivity index (χ0v) is 14.8. The normalized spacial score (nSPS) is 11.0. The van der Waals surface area contributed by atoms with Gasteiger partial charge in [0.25, 0.3) is 0 Å². The number of aliphatic carboxylic acids is 1. The Kier molecular flexibility index (Phi) is 6.16.